The van der Waals surface area contributed by atoms with Crippen LogP contribution in [0, 0.1) is 12.8 Å². The van der Waals surface area contributed by atoms with Gasteiger partial charge in [-0.2, -0.15) is 0 Å². The molecule has 0 bridgehead atoms. The highest BCUT2D eigenvalue weighted by Gasteiger charge is 2.22. The zero-order chi connectivity index (χ0) is 14.4. The number of rotatable bonds is 5. The molecule has 0 aliphatic carbocycles. The van der Waals surface area contributed by atoms with Gasteiger partial charge in [0.25, 0.3) is 0 Å². The van der Waals surface area contributed by atoms with Crippen LogP contribution in [0.15, 0.2) is 18.3 Å². The molecule has 0 radical (unpaired) electrons. The van der Waals surface area contributed by atoms with Crippen LogP contribution in [0.1, 0.15) is 32.0 Å². The van der Waals surface area contributed by atoms with E-state index in [2.05, 4.69) is 15.6 Å². The third-order valence-corrected chi connectivity index (χ3v) is 2.75. The summed E-state index contributed by atoms with van der Waals surface area (Å²) in [6, 6.07) is 3.32. The fourth-order valence-corrected chi connectivity index (χ4v) is 1.66. The molecular weight excluding hydrogens is 242 g/mol. The van der Waals surface area contributed by atoms with Gasteiger partial charge in [0.2, 0.25) is 11.8 Å². The first-order valence-electron chi connectivity index (χ1n) is 6.36. The molecule has 1 aromatic heterocycles. The summed E-state index contributed by atoms with van der Waals surface area (Å²) in [6.07, 6.45) is 1.73. The maximum absolute atomic E-state index is 12.0. The predicted molar refractivity (Wildman–Crippen MR) is 73.3 cm³/mol. The Kier molecular flexibility index (Phi) is 5.48. The Morgan fingerprint density at radius 2 is 2.00 bits per heavy atom. The summed E-state index contributed by atoms with van der Waals surface area (Å²) in [7, 11) is 0. The Bertz CT molecular complexity index is 441. The van der Waals surface area contributed by atoms with E-state index in [-0.39, 0.29) is 17.7 Å². The molecule has 1 aromatic rings. The Morgan fingerprint density at radius 3 is 2.47 bits per heavy atom. The fraction of sp³-hybridized carbons (Fsp3) is 0.500. The highest BCUT2D eigenvalue weighted by Crippen LogP contribution is 2.03. The molecule has 1 heterocycles. The minimum atomic E-state index is -0.504. The Labute approximate surface area is 113 Å². The average Bonchev–Trinajstić information content (AvgIpc) is 2.34. The topological polar surface area (TPSA) is 71.1 Å². The molecule has 1 atom stereocenters. The van der Waals surface area contributed by atoms with Crippen molar-refractivity contribution in [3.8, 4) is 0 Å². The minimum absolute atomic E-state index is 0.0417. The van der Waals surface area contributed by atoms with Crippen LogP contribution in [0.3, 0.4) is 0 Å². The first-order valence-corrected chi connectivity index (χ1v) is 6.36. The van der Waals surface area contributed by atoms with E-state index in [1.54, 1.807) is 6.20 Å². The number of nitrogens with one attached hydrogen (secondary N) is 2. The van der Waals surface area contributed by atoms with Crippen molar-refractivity contribution in [2.45, 2.75) is 40.3 Å². The number of carbonyl (C=O) groups is 2. The van der Waals surface area contributed by atoms with Crippen molar-refractivity contribution in [3.63, 3.8) is 0 Å². The third kappa shape index (κ3) is 5.07. The van der Waals surface area contributed by atoms with E-state index in [0.717, 1.165) is 11.3 Å². The molecule has 0 aromatic carbocycles. The van der Waals surface area contributed by atoms with Crippen LogP contribution in [-0.4, -0.2) is 22.8 Å². The lowest BCUT2D eigenvalue weighted by Gasteiger charge is -2.20. The molecular formula is C14H21N3O2. The monoisotopic (exact) mass is 263 g/mol. The lowest BCUT2D eigenvalue weighted by Crippen LogP contribution is -2.48. The molecule has 104 valence electrons. The number of aromatic nitrogens is 1. The van der Waals surface area contributed by atoms with Crippen LogP contribution in [0.5, 0.6) is 0 Å². The molecule has 0 saturated carbocycles. The zero-order valence-corrected chi connectivity index (χ0v) is 11.9. The molecule has 0 fully saturated rings. The highest BCUT2D eigenvalue weighted by atomic mass is 16.2. The van der Waals surface area contributed by atoms with Crippen molar-refractivity contribution in [1.29, 1.82) is 0 Å². The Morgan fingerprint density at radius 1 is 1.32 bits per heavy atom. The molecule has 0 aliphatic heterocycles. The summed E-state index contributed by atoms with van der Waals surface area (Å²) in [4.78, 5) is 27.3. The Balaban J connectivity index is 2.57. The summed E-state index contributed by atoms with van der Waals surface area (Å²) in [5.74, 6) is -0.336. The largest absolute Gasteiger partial charge is 0.350 e. The molecule has 1 unspecified atom stereocenters. The van der Waals surface area contributed by atoms with E-state index in [1.807, 2.05) is 32.9 Å². The van der Waals surface area contributed by atoms with Crippen molar-refractivity contribution >= 4 is 11.8 Å². The maximum atomic E-state index is 12.0. The lowest BCUT2D eigenvalue weighted by molar-refractivity contribution is -0.129. The summed E-state index contributed by atoms with van der Waals surface area (Å²) in [5.41, 5.74) is 1.87. The normalized spacial score (nSPS) is 12.1. The SMILES string of the molecule is CC(=O)NC(C(=O)NCc1ccc(C)nc1)C(C)C. The van der Waals surface area contributed by atoms with Gasteiger partial charge in [0, 0.05) is 25.4 Å². The first-order chi connectivity index (χ1) is 8.90. The molecule has 0 spiro atoms. The number of pyridine rings is 1. The van der Waals surface area contributed by atoms with Gasteiger partial charge in [0.05, 0.1) is 0 Å². The number of amides is 2. The first kappa shape index (κ1) is 15.1. The van der Waals surface area contributed by atoms with Gasteiger partial charge >= 0.3 is 0 Å². The number of hydrogen-bond acceptors (Lipinski definition) is 3. The standard InChI is InChI=1S/C14H21N3O2/c1-9(2)13(17-11(4)18)14(19)16-8-12-6-5-10(3)15-7-12/h5-7,9,13H,8H2,1-4H3,(H,16,19)(H,17,18). The van der Waals surface area contributed by atoms with E-state index < -0.39 is 6.04 Å². The lowest BCUT2D eigenvalue weighted by atomic mass is 10.0. The number of aryl methyl sites for hydroxylation is 1. The molecule has 5 nitrogen and oxygen atoms in total. The van der Waals surface area contributed by atoms with E-state index in [1.165, 1.54) is 6.92 Å². The van der Waals surface area contributed by atoms with Crippen molar-refractivity contribution in [2.24, 2.45) is 5.92 Å². The average molecular weight is 263 g/mol. The summed E-state index contributed by atoms with van der Waals surface area (Å²) in [5, 5.41) is 5.47. The van der Waals surface area contributed by atoms with Gasteiger partial charge in [-0.05, 0) is 24.5 Å². The maximum Gasteiger partial charge on any atom is 0.243 e. The second kappa shape index (κ2) is 6.87. The van der Waals surface area contributed by atoms with Gasteiger partial charge in [-0.15, -0.1) is 0 Å². The van der Waals surface area contributed by atoms with Crippen molar-refractivity contribution < 1.29 is 9.59 Å². The quantitative estimate of drug-likeness (QED) is 0.837. The third-order valence-electron chi connectivity index (χ3n) is 2.75. The van der Waals surface area contributed by atoms with Gasteiger partial charge in [-0.3, -0.25) is 14.6 Å². The van der Waals surface area contributed by atoms with Crippen LogP contribution in [0.2, 0.25) is 0 Å². The molecule has 2 N–H and O–H groups in total. The Hall–Kier alpha value is -1.91. The number of hydrogen-bond donors (Lipinski definition) is 2. The molecule has 2 amide bonds. The van der Waals surface area contributed by atoms with Crippen molar-refractivity contribution in [3.05, 3.63) is 29.6 Å². The van der Waals surface area contributed by atoms with Crippen LogP contribution >= 0.6 is 0 Å². The summed E-state index contributed by atoms with van der Waals surface area (Å²) in [6.45, 7) is 7.52. The molecule has 5 heteroatoms. The number of nitrogens with zero attached hydrogens (tertiary/aromatic N) is 1. The second-order valence-corrected chi connectivity index (χ2v) is 4.95. The van der Waals surface area contributed by atoms with Gasteiger partial charge in [-0.1, -0.05) is 19.9 Å². The summed E-state index contributed by atoms with van der Waals surface area (Å²) < 4.78 is 0. The predicted octanol–water partition coefficient (Wildman–Crippen LogP) is 1.17. The van der Waals surface area contributed by atoms with Crippen molar-refractivity contribution in [2.75, 3.05) is 0 Å². The molecule has 0 saturated heterocycles. The second-order valence-electron chi connectivity index (χ2n) is 4.95. The minimum Gasteiger partial charge on any atom is -0.350 e. The van der Waals surface area contributed by atoms with Gasteiger partial charge in [0.1, 0.15) is 6.04 Å². The molecule has 19 heavy (non-hydrogen) atoms. The molecule has 0 aliphatic rings. The van der Waals surface area contributed by atoms with Gasteiger partial charge < -0.3 is 10.6 Å². The molecule has 1 rings (SSSR count). The van der Waals surface area contributed by atoms with Crippen LogP contribution in [-0.2, 0) is 16.1 Å². The van der Waals surface area contributed by atoms with E-state index in [4.69, 9.17) is 0 Å². The summed E-state index contributed by atoms with van der Waals surface area (Å²) >= 11 is 0. The van der Waals surface area contributed by atoms with Crippen molar-refractivity contribution in [1.82, 2.24) is 15.6 Å². The van der Waals surface area contributed by atoms with Gasteiger partial charge in [-0.25, -0.2) is 0 Å². The van der Waals surface area contributed by atoms with Crippen LogP contribution in [0.4, 0.5) is 0 Å². The number of carbonyl (C=O) groups excluding carboxylic acids is 2. The van der Waals surface area contributed by atoms with Crippen LogP contribution < -0.4 is 10.6 Å². The van der Waals surface area contributed by atoms with E-state index in [9.17, 15) is 9.59 Å². The van der Waals surface area contributed by atoms with Crippen LogP contribution in [0.25, 0.3) is 0 Å². The van der Waals surface area contributed by atoms with E-state index in [0.29, 0.717) is 6.54 Å². The van der Waals surface area contributed by atoms with E-state index >= 15 is 0 Å². The fourth-order valence-electron chi connectivity index (χ4n) is 1.66. The zero-order valence-electron chi connectivity index (χ0n) is 11.9. The highest BCUT2D eigenvalue weighted by molar-refractivity contribution is 5.86. The van der Waals surface area contributed by atoms with Gasteiger partial charge in [0.15, 0.2) is 0 Å². The smallest absolute Gasteiger partial charge is 0.243 e.